The molecule has 0 spiro atoms. The fourth-order valence-electron chi connectivity index (χ4n) is 2.84. The van der Waals surface area contributed by atoms with Crippen molar-refractivity contribution in [3.05, 3.63) is 24.3 Å². The number of carbonyl (C=O) groups excluding carboxylic acids is 1. The lowest BCUT2D eigenvalue weighted by atomic mass is 10.2. The Morgan fingerprint density at radius 2 is 2.04 bits per heavy atom. The average molecular weight is 316 g/mol. The quantitative estimate of drug-likeness (QED) is 0.878. The van der Waals surface area contributed by atoms with E-state index in [1.165, 1.54) is 0 Å². The molecule has 1 aromatic carbocycles. The highest BCUT2D eigenvalue weighted by atomic mass is 16.6. The van der Waals surface area contributed by atoms with Crippen LogP contribution >= 0.6 is 0 Å². The molecular formula is C17H24N4O2. The Morgan fingerprint density at radius 3 is 2.70 bits per heavy atom. The molecule has 1 aliphatic heterocycles. The predicted molar refractivity (Wildman–Crippen MR) is 90.7 cm³/mol. The lowest BCUT2D eigenvalue weighted by Crippen LogP contribution is -2.54. The first kappa shape index (κ1) is 15.6. The molecule has 0 bridgehead atoms. The minimum Gasteiger partial charge on any atom is -0.444 e. The molecule has 1 aliphatic rings. The molecule has 1 aromatic heterocycles. The molecule has 1 atom stereocenters. The van der Waals surface area contributed by atoms with Gasteiger partial charge in [0, 0.05) is 25.7 Å². The van der Waals surface area contributed by atoms with Crippen LogP contribution in [-0.4, -0.2) is 52.2 Å². The fourth-order valence-corrected chi connectivity index (χ4v) is 2.84. The van der Waals surface area contributed by atoms with Crippen molar-refractivity contribution in [1.82, 2.24) is 14.9 Å². The topological polar surface area (TPSA) is 61.5 Å². The second kappa shape index (κ2) is 5.76. The van der Waals surface area contributed by atoms with Crippen molar-refractivity contribution >= 4 is 23.1 Å². The summed E-state index contributed by atoms with van der Waals surface area (Å²) in [5.41, 5.74) is 1.53. The van der Waals surface area contributed by atoms with Gasteiger partial charge in [0.1, 0.15) is 5.60 Å². The highest BCUT2D eigenvalue weighted by Crippen LogP contribution is 2.22. The second-order valence-electron chi connectivity index (χ2n) is 7.05. The third kappa shape index (κ3) is 3.41. The zero-order chi connectivity index (χ0) is 16.6. The van der Waals surface area contributed by atoms with E-state index in [0.29, 0.717) is 13.1 Å². The van der Waals surface area contributed by atoms with E-state index >= 15 is 0 Å². The van der Waals surface area contributed by atoms with Crippen molar-refractivity contribution in [2.45, 2.75) is 39.3 Å². The van der Waals surface area contributed by atoms with E-state index < -0.39 is 5.60 Å². The van der Waals surface area contributed by atoms with Crippen LogP contribution in [0.25, 0.3) is 11.0 Å². The Bertz CT molecular complexity index is 671. The summed E-state index contributed by atoms with van der Waals surface area (Å²) in [5.74, 6) is 0.863. The molecule has 0 saturated carbocycles. The Labute approximate surface area is 136 Å². The van der Waals surface area contributed by atoms with E-state index in [4.69, 9.17) is 4.74 Å². The molecule has 0 unspecified atom stereocenters. The zero-order valence-electron chi connectivity index (χ0n) is 14.2. The van der Waals surface area contributed by atoms with E-state index in [0.717, 1.165) is 23.5 Å². The first-order valence-corrected chi connectivity index (χ1v) is 8.03. The fraction of sp³-hybridized carbons (Fsp3) is 0.529. The van der Waals surface area contributed by atoms with Crippen LogP contribution < -0.4 is 4.90 Å². The third-order valence-electron chi connectivity index (χ3n) is 3.93. The smallest absolute Gasteiger partial charge is 0.410 e. The van der Waals surface area contributed by atoms with Crippen molar-refractivity contribution in [3.8, 4) is 0 Å². The number of benzene rings is 1. The van der Waals surface area contributed by atoms with Gasteiger partial charge in [0.05, 0.1) is 11.0 Å². The van der Waals surface area contributed by atoms with Crippen LogP contribution in [0.2, 0.25) is 0 Å². The number of aromatic nitrogens is 2. The molecule has 3 rings (SSSR count). The molecule has 6 heteroatoms. The second-order valence-corrected chi connectivity index (χ2v) is 7.05. The number of nitrogens with one attached hydrogen (secondary N) is 1. The number of aromatic amines is 1. The van der Waals surface area contributed by atoms with Crippen LogP contribution in [0.1, 0.15) is 27.7 Å². The van der Waals surface area contributed by atoms with Crippen LogP contribution in [0.3, 0.4) is 0 Å². The number of imidazole rings is 1. The molecule has 0 radical (unpaired) electrons. The van der Waals surface area contributed by atoms with Crippen LogP contribution in [0, 0.1) is 0 Å². The SMILES string of the molecule is C[C@H]1CN(C(=O)OC(C)(C)C)CCN1c1nc2ccccc2[nH]1. The largest absolute Gasteiger partial charge is 0.444 e. The number of rotatable bonds is 1. The van der Waals surface area contributed by atoms with E-state index in [9.17, 15) is 4.79 Å². The molecule has 1 fully saturated rings. The molecule has 2 aromatic rings. The monoisotopic (exact) mass is 316 g/mol. The van der Waals surface area contributed by atoms with Crippen molar-refractivity contribution < 1.29 is 9.53 Å². The third-order valence-corrected chi connectivity index (χ3v) is 3.93. The van der Waals surface area contributed by atoms with Gasteiger partial charge in [0.15, 0.2) is 0 Å². The molecule has 1 N–H and O–H groups in total. The van der Waals surface area contributed by atoms with Crippen molar-refractivity contribution in [2.24, 2.45) is 0 Å². The Hall–Kier alpha value is -2.24. The Kier molecular flexibility index (Phi) is 3.92. The number of anilines is 1. The van der Waals surface area contributed by atoms with Gasteiger partial charge in [-0.15, -0.1) is 0 Å². The summed E-state index contributed by atoms with van der Waals surface area (Å²) in [6, 6.07) is 8.17. The first-order valence-electron chi connectivity index (χ1n) is 8.03. The highest BCUT2D eigenvalue weighted by molar-refractivity contribution is 5.77. The van der Waals surface area contributed by atoms with Gasteiger partial charge < -0.3 is 19.5 Å². The van der Waals surface area contributed by atoms with Gasteiger partial charge >= 0.3 is 6.09 Å². The number of piperazine rings is 1. The summed E-state index contributed by atoms with van der Waals surface area (Å²) in [4.78, 5) is 24.2. The van der Waals surface area contributed by atoms with E-state index in [1.807, 2.05) is 45.0 Å². The molecule has 23 heavy (non-hydrogen) atoms. The number of ether oxygens (including phenoxy) is 1. The Balaban J connectivity index is 1.70. The van der Waals surface area contributed by atoms with Gasteiger partial charge in [-0.05, 0) is 39.8 Å². The van der Waals surface area contributed by atoms with Crippen LogP contribution in [0.4, 0.5) is 10.7 Å². The molecule has 6 nitrogen and oxygen atoms in total. The van der Waals surface area contributed by atoms with Gasteiger partial charge in [-0.3, -0.25) is 0 Å². The zero-order valence-corrected chi connectivity index (χ0v) is 14.2. The predicted octanol–water partition coefficient (Wildman–Crippen LogP) is 3.01. The van der Waals surface area contributed by atoms with Gasteiger partial charge in [-0.2, -0.15) is 0 Å². The molecular weight excluding hydrogens is 292 g/mol. The summed E-state index contributed by atoms with van der Waals surface area (Å²) in [7, 11) is 0. The summed E-state index contributed by atoms with van der Waals surface area (Å²) >= 11 is 0. The maximum absolute atomic E-state index is 12.2. The number of hydrogen-bond acceptors (Lipinski definition) is 4. The van der Waals surface area contributed by atoms with Gasteiger partial charge in [-0.25, -0.2) is 9.78 Å². The molecule has 1 saturated heterocycles. The summed E-state index contributed by atoms with van der Waals surface area (Å²) < 4.78 is 5.46. The summed E-state index contributed by atoms with van der Waals surface area (Å²) in [5, 5.41) is 0. The standard InChI is InChI=1S/C17H24N4O2/c1-12-11-20(16(22)23-17(2,3)4)9-10-21(12)15-18-13-7-5-6-8-14(13)19-15/h5-8,12H,9-11H2,1-4H3,(H,18,19)/t12-/m0/s1. The molecule has 1 amide bonds. The molecule has 2 heterocycles. The van der Waals surface area contributed by atoms with Gasteiger partial charge in [0.2, 0.25) is 5.95 Å². The van der Waals surface area contributed by atoms with Crippen molar-refractivity contribution in [1.29, 1.82) is 0 Å². The van der Waals surface area contributed by atoms with Crippen molar-refractivity contribution in [2.75, 3.05) is 24.5 Å². The van der Waals surface area contributed by atoms with Gasteiger partial charge in [-0.1, -0.05) is 12.1 Å². The number of nitrogens with zero attached hydrogens (tertiary/aromatic N) is 3. The van der Waals surface area contributed by atoms with Crippen LogP contribution in [-0.2, 0) is 4.74 Å². The number of carbonyl (C=O) groups is 1. The first-order chi connectivity index (χ1) is 10.8. The number of amides is 1. The van der Waals surface area contributed by atoms with Crippen molar-refractivity contribution in [3.63, 3.8) is 0 Å². The summed E-state index contributed by atoms with van der Waals surface area (Å²) in [6.07, 6.45) is -0.242. The maximum atomic E-state index is 12.2. The number of H-pyrrole nitrogens is 1. The lowest BCUT2D eigenvalue weighted by Gasteiger charge is -2.40. The minimum absolute atomic E-state index is 0.178. The minimum atomic E-state index is -0.462. The number of para-hydroxylation sites is 2. The normalized spacial score (nSPS) is 19.2. The molecule has 0 aliphatic carbocycles. The number of fused-ring (bicyclic) bond motifs is 1. The van der Waals surface area contributed by atoms with E-state index in [-0.39, 0.29) is 12.1 Å². The average Bonchev–Trinajstić information content (AvgIpc) is 2.88. The van der Waals surface area contributed by atoms with Crippen LogP contribution in [0.5, 0.6) is 0 Å². The van der Waals surface area contributed by atoms with E-state index in [2.05, 4.69) is 21.8 Å². The summed E-state index contributed by atoms with van der Waals surface area (Å²) in [6.45, 7) is 9.77. The maximum Gasteiger partial charge on any atom is 0.410 e. The van der Waals surface area contributed by atoms with E-state index in [1.54, 1.807) is 4.90 Å². The van der Waals surface area contributed by atoms with Gasteiger partial charge in [0.25, 0.3) is 0 Å². The Morgan fingerprint density at radius 1 is 1.30 bits per heavy atom. The molecule has 124 valence electrons. The highest BCUT2D eigenvalue weighted by Gasteiger charge is 2.30. The number of hydrogen-bond donors (Lipinski definition) is 1. The van der Waals surface area contributed by atoms with Crippen LogP contribution in [0.15, 0.2) is 24.3 Å². The lowest BCUT2D eigenvalue weighted by molar-refractivity contribution is 0.0218.